The highest BCUT2D eigenvalue weighted by atomic mass is 16.5. The molecule has 3 atom stereocenters. The second kappa shape index (κ2) is 5.96. The van der Waals surface area contributed by atoms with Gasteiger partial charge in [0.15, 0.2) is 0 Å². The third kappa shape index (κ3) is 3.17. The van der Waals surface area contributed by atoms with Crippen molar-refractivity contribution < 1.29 is 9.84 Å². The number of hydrogen-bond acceptors (Lipinski definition) is 4. The van der Waals surface area contributed by atoms with E-state index in [0.717, 1.165) is 6.54 Å². The highest BCUT2D eigenvalue weighted by Gasteiger charge is 2.26. The highest BCUT2D eigenvalue weighted by Crippen LogP contribution is 2.12. The summed E-state index contributed by atoms with van der Waals surface area (Å²) < 4.78 is 5.22. The fourth-order valence-corrected chi connectivity index (χ4v) is 2.55. The molecule has 0 aromatic carbocycles. The molecule has 2 rings (SSSR count). The molecule has 0 bridgehead atoms. The molecule has 0 amide bonds. The number of hydrogen-bond donors (Lipinski definition) is 2. The lowest BCUT2D eigenvalue weighted by Gasteiger charge is -2.33. The fourth-order valence-electron chi connectivity index (χ4n) is 2.55. The Hall–Kier alpha value is -0.160. The van der Waals surface area contributed by atoms with Gasteiger partial charge >= 0.3 is 0 Å². The molecular weight excluding hydrogens is 204 g/mol. The lowest BCUT2D eigenvalue weighted by Crippen LogP contribution is -2.48. The molecule has 0 aromatic rings. The third-order valence-electron chi connectivity index (χ3n) is 3.74. The van der Waals surface area contributed by atoms with Crippen LogP contribution < -0.4 is 5.32 Å². The number of aliphatic hydroxyl groups excluding tert-OH is 1. The topological polar surface area (TPSA) is 44.7 Å². The van der Waals surface area contributed by atoms with E-state index in [9.17, 15) is 5.11 Å². The average Bonchev–Trinajstić information content (AvgIpc) is 2.73. The molecule has 4 nitrogen and oxygen atoms in total. The van der Waals surface area contributed by atoms with Gasteiger partial charge in [0.2, 0.25) is 0 Å². The molecule has 2 fully saturated rings. The van der Waals surface area contributed by atoms with Gasteiger partial charge in [0.05, 0.1) is 25.4 Å². The highest BCUT2D eigenvalue weighted by molar-refractivity contribution is 4.83. The monoisotopic (exact) mass is 228 g/mol. The zero-order chi connectivity index (χ0) is 11.4. The number of rotatable bonds is 4. The zero-order valence-electron chi connectivity index (χ0n) is 10.2. The van der Waals surface area contributed by atoms with Gasteiger partial charge in [-0.25, -0.2) is 0 Å². The van der Waals surface area contributed by atoms with E-state index in [1.807, 2.05) is 0 Å². The molecule has 2 aliphatic rings. The van der Waals surface area contributed by atoms with Crippen LogP contribution in [0.3, 0.4) is 0 Å². The summed E-state index contributed by atoms with van der Waals surface area (Å²) in [6, 6.07) is 0.695. The van der Waals surface area contributed by atoms with Gasteiger partial charge in [-0.2, -0.15) is 0 Å². The van der Waals surface area contributed by atoms with E-state index in [1.54, 1.807) is 0 Å². The maximum Gasteiger partial charge on any atom is 0.0948 e. The lowest BCUT2D eigenvalue weighted by atomic mass is 10.1. The Bertz CT molecular complexity index is 207. The van der Waals surface area contributed by atoms with Gasteiger partial charge in [-0.05, 0) is 32.9 Å². The molecule has 0 aliphatic carbocycles. The Labute approximate surface area is 98.0 Å². The first-order chi connectivity index (χ1) is 7.77. The minimum absolute atomic E-state index is 0.132. The minimum atomic E-state index is -0.325. The smallest absolute Gasteiger partial charge is 0.0948 e. The van der Waals surface area contributed by atoms with E-state index in [1.165, 1.54) is 32.4 Å². The Morgan fingerprint density at radius 1 is 1.31 bits per heavy atom. The fraction of sp³-hybridized carbons (Fsp3) is 1.00. The summed E-state index contributed by atoms with van der Waals surface area (Å²) in [5, 5.41) is 13.0. The first kappa shape index (κ1) is 12.3. The standard InChI is InChI=1S/C12H24N2O2/c1-10(14-5-3-2-4-6-14)7-13-11-8-16-9-12(11)15/h10-13,15H,2-9H2,1H3. The molecule has 2 aliphatic heterocycles. The minimum Gasteiger partial charge on any atom is -0.389 e. The zero-order valence-corrected chi connectivity index (χ0v) is 10.2. The Kier molecular flexibility index (Phi) is 4.58. The third-order valence-corrected chi connectivity index (χ3v) is 3.74. The van der Waals surface area contributed by atoms with Crippen molar-refractivity contribution in [2.24, 2.45) is 0 Å². The van der Waals surface area contributed by atoms with Crippen LogP contribution in [-0.4, -0.2) is 61.0 Å². The van der Waals surface area contributed by atoms with E-state index in [-0.39, 0.29) is 12.1 Å². The molecule has 0 saturated carbocycles. The molecule has 2 saturated heterocycles. The van der Waals surface area contributed by atoms with Crippen LogP contribution in [0.1, 0.15) is 26.2 Å². The van der Waals surface area contributed by atoms with Gasteiger partial charge < -0.3 is 15.2 Å². The van der Waals surface area contributed by atoms with Gasteiger partial charge in [0.25, 0.3) is 0 Å². The molecule has 16 heavy (non-hydrogen) atoms. The van der Waals surface area contributed by atoms with Crippen molar-refractivity contribution in [3.05, 3.63) is 0 Å². The normalized spacial score (nSPS) is 34.1. The number of aliphatic hydroxyl groups is 1. The Morgan fingerprint density at radius 3 is 2.69 bits per heavy atom. The molecular formula is C12H24N2O2. The maximum atomic E-state index is 9.61. The molecule has 2 heterocycles. The first-order valence-electron chi connectivity index (χ1n) is 6.50. The van der Waals surface area contributed by atoms with Crippen LogP contribution in [0.2, 0.25) is 0 Å². The number of nitrogens with one attached hydrogen (secondary N) is 1. The van der Waals surface area contributed by atoms with Gasteiger partial charge in [-0.15, -0.1) is 0 Å². The predicted molar refractivity (Wildman–Crippen MR) is 63.5 cm³/mol. The predicted octanol–water partition coefficient (Wildman–Crippen LogP) is 0.210. The van der Waals surface area contributed by atoms with Crippen LogP contribution in [0.15, 0.2) is 0 Å². The van der Waals surface area contributed by atoms with E-state index >= 15 is 0 Å². The molecule has 3 unspecified atom stereocenters. The number of ether oxygens (including phenoxy) is 1. The van der Waals surface area contributed by atoms with Gasteiger partial charge in [0.1, 0.15) is 0 Å². The second-order valence-electron chi connectivity index (χ2n) is 5.07. The van der Waals surface area contributed by atoms with E-state index in [2.05, 4.69) is 17.1 Å². The van der Waals surface area contributed by atoms with Crippen LogP contribution in [-0.2, 0) is 4.74 Å². The molecule has 0 aromatic heterocycles. The molecule has 0 radical (unpaired) electrons. The summed E-state index contributed by atoms with van der Waals surface area (Å²) in [5.41, 5.74) is 0. The van der Waals surface area contributed by atoms with Crippen molar-refractivity contribution in [2.45, 2.75) is 44.4 Å². The summed E-state index contributed by atoms with van der Waals surface area (Å²) >= 11 is 0. The van der Waals surface area contributed by atoms with E-state index < -0.39 is 0 Å². The Balaban J connectivity index is 1.68. The van der Waals surface area contributed by atoms with Crippen LogP contribution >= 0.6 is 0 Å². The SMILES string of the molecule is CC(CNC1COCC1O)N1CCCCC1. The van der Waals surface area contributed by atoms with Crippen LogP contribution in [0.4, 0.5) is 0 Å². The summed E-state index contributed by atoms with van der Waals surface area (Å²) in [5.74, 6) is 0. The van der Waals surface area contributed by atoms with E-state index in [0.29, 0.717) is 19.3 Å². The summed E-state index contributed by atoms with van der Waals surface area (Å²) in [6.45, 7) is 6.80. The maximum absolute atomic E-state index is 9.61. The van der Waals surface area contributed by atoms with E-state index in [4.69, 9.17) is 4.74 Å². The summed E-state index contributed by atoms with van der Waals surface area (Å²) in [6.07, 6.45) is 3.72. The van der Waals surface area contributed by atoms with Crippen LogP contribution in [0, 0.1) is 0 Å². The van der Waals surface area contributed by atoms with Crippen molar-refractivity contribution in [3.8, 4) is 0 Å². The van der Waals surface area contributed by atoms with Crippen LogP contribution in [0.25, 0.3) is 0 Å². The number of nitrogens with zero attached hydrogens (tertiary/aromatic N) is 1. The van der Waals surface area contributed by atoms with Crippen molar-refractivity contribution in [2.75, 3.05) is 32.8 Å². The quantitative estimate of drug-likeness (QED) is 0.722. The average molecular weight is 228 g/mol. The molecule has 0 spiro atoms. The number of likely N-dealkylation sites (tertiary alicyclic amines) is 1. The summed E-state index contributed by atoms with van der Waals surface area (Å²) in [4.78, 5) is 2.54. The molecule has 4 heteroatoms. The summed E-state index contributed by atoms with van der Waals surface area (Å²) in [7, 11) is 0. The van der Waals surface area contributed by atoms with Gasteiger partial charge in [0, 0.05) is 12.6 Å². The van der Waals surface area contributed by atoms with Crippen molar-refractivity contribution in [1.82, 2.24) is 10.2 Å². The van der Waals surface area contributed by atoms with Crippen molar-refractivity contribution >= 4 is 0 Å². The van der Waals surface area contributed by atoms with Crippen molar-refractivity contribution in [1.29, 1.82) is 0 Å². The first-order valence-corrected chi connectivity index (χ1v) is 6.50. The molecule has 2 N–H and O–H groups in total. The van der Waals surface area contributed by atoms with Crippen molar-refractivity contribution in [3.63, 3.8) is 0 Å². The second-order valence-corrected chi connectivity index (χ2v) is 5.07. The molecule has 94 valence electrons. The lowest BCUT2D eigenvalue weighted by molar-refractivity contribution is 0.119. The largest absolute Gasteiger partial charge is 0.389 e. The van der Waals surface area contributed by atoms with Gasteiger partial charge in [-0.3, -0.25) is 4.90 Å². The van der Waals surface area contributed by atoms with Crippen LogP contribution in [0.5, 0.6) is 0 Å². The van der Waals surface area contributed by atoms with Gasteiger partial charge in [-0.1, -0.05) is 6.42 Å². The Morgan fingerprint density at radius 2 is 2.06 bits per heavy atom. The number of piperidine rings is 1.